The molecular formula is C9H14N4O. The second kappa shape index (κ2) is 5.26. The summed E-state index contributed by atoms with van der Waals surface area (Å²) in [6.45, 7) is 2.82. The molecule has 0 atom stereocenters. The molecule has 5 nitrogen and oxygen atoms in total. The summed E-state index contributed by atoms with van der Waals surface area (Å²) in [6, 6.07) is 0. The Labute approximate surface area is 83.2 Å². The number of amides is 1. The highest BCUT2D eigenvalue weighted by Gasteiger charge is 2.12. The van der Waals surface area contributed by atoms with Crippen LogP contribution in [0.25, 0.3) is 0 Å². The summed E-state index contributed by atoms with van der Waals surface area (Å²) in [5, 5.41) is 0. The van der Waals surface area contributed by atoms with Crippen LogP contribution in [0.2, 0.25) is 0 Å². The first-order valence-electron chi connectivity index (χ1n) is 4.63. The second-order valence-electron chi connectivity index (χ2n) is 3.04. The third-order valence-electron chi connectivity index (χ3n) is 1.88. The maximum absolute atomic E-state index is 11.6. The highest BCUT2D eigenvalue weighted by atomic mass is 16.2. The molecule has 0 saturated carbocycles. The average molecular weight is 194 g/mol. The van der Waals surface area contributed by atoms with Gasteiger partial charge in [-0.3, -0.25) is 4.79 Å². The molecule has 1 aromatic heterocycles. The lowest BCUT2D eigenvalue weighted by atomic mass is 10.3. The van der Waals surface area contributed by atoms with Gasteiger partial charge in [0.1, 0.15) is 12.7 Å². The van der Waals surface area contributed by atoms with Gasteiger partial charge in [-0.25, -0.2) is 15.0 Å². The number of aromatic nitrogens is 3. The molecule has 0 aliphatic heterocycles. The monoisotopic (exact) mass is 194 g/mol. The average Bonchev–Trinajstić information content (AvgIpc) is 2.26. The summed E-state index contributed by atoms with van der Waals surface area (Å²) < 4.78 is 0. The topological polar surface area (TPSA) is 59.0 Å². The Kier molecular flexibility index (Phi) is 3.97. The molecule has 0 aliphatic carbocycles. The minimum absolute atomic E-state index is 0.152. The minimum atomic E-state index is -0.152. The molecule has 76 valence electrons. The normalized spacial score (nSPS) is 9.86. The second-order valence-corrected chi connectivity index (χ2v) is 3.04. The molecule has 0 unspecified atom stereocenters. The van der Waals surface area contributed by atoms with Gasteiger partial charge in [-0.05, 0) is 6.42 Å². The van der Waals surface area contributed by atoms with Gasteiger partial charge in [-0.15, -0.1) is 0 Å². The van der Waals surface area contributed by atoms with E-state index in [1.165, 1.54) is 12.7 Å². The fraction of sp³-hybridized carbons (Fsp3) is 0.556. The Morgan fingerprint density at radius 2 is 2.07 bits per heavy atom. The van der Waals surface area contributed by atoms with Crippen LogP contribution in [-0.4, -0.2) is 39.4 Å². The molecule has 0 aliphatic rings. The van der Waals surface area contributed by atoms with E-state index in [2.05, 4.69) is 21.9 Å². The molecule has 14 heavy (non-hydrogen) atoms. The fourth-order valence-electron chi connectivity index (χ4n) is 1.02. The van der Waals surface area contributed by atoms with E-state index >= 15 is 0 Å². The van der Waals surface area contributed by atoms with Crippen LogP contribution in [0.3, 0.4) is 0 Å². The van der Waals surface area contributed by atoms with Crippen molar-refractivity contribution < 1.29 is 4.79 Å². The highest BCUT2D eigenvalue weighted by molar-refractivity contribution is 5.90. The van der Waals surface area contributed by atoms with Crippen LogP contribution >= 0.6 is 0 Å². The highest BCUT2D eigenvalue weighted by Crippen LogP contribution is 1.97. The maximum atomic E-state index is 11.6. The molecular weight excluding hydrogens is 180 g/mol. The number of nitrogens with zero attached hydrogens (tertiary/aromatic N) is 4. The summed E-state index contributed by atoms with van der Waals surface area (Å²) >= 11 is 0. The van der Waals surface area contributed by atoms with Crippen molar-refractivity contribution in [3.8, 4) is 0 Å². The van der Waals surface area contributed by atoms with E-state index in [0.717, 1.165) is 19.4 Å². The van der Waals surface area contributed by atoms with Gasteiger partial charge in [0, 0.05) is 13.6 Å². The molecule has 0 aromatic carbocycles. The van der Waals surface area contributed by atoms with Crippen molar-refractivity contribution in [1.29, 1.82) is 0 Å². The van der Waals surface area contributed by atoms with Crippen LogP contribution in [0.15, 0.2) is 12.7 Å². The molecule has 0 saturated heterocycles. The molecule has 0 bridgehead atoms. The van der Waals surface area contributed by atoms with Crippen molar-refractivity contribution in [3.63, 3.8) is 0 Å². The standard InChI is InChI=1S/C9H14N4O/c1-3-4-5-13(2)9(14)8-11-6-10-7-12-8/h6-7H,3-5H2,1-2H3. The van der Waals surface area contributed by atoms with Gasteiger partial charge >= 0.3 is 0 Å². The third kappa shape index (κ3) is 2.76. The van der Waals surface area contributed by atoms with Crippen LogP contribution in [0.5, 0.6) is 0 Å². The zero-order valence-electron chi connectivity index (χ0n) is 8.47. The summed E-state index contributed by atoms with van der Waals surface area (Å²) in [5.74, 6) is 0.0550. The van der Waals surface area contributed by atoms with E-state index in [1.54, 1.807) is 11.9 Å². The van der Waals surface area contributed by atoms with Gasteiger partial charge in [-0.1, -0.05) is 13.3 Å². The van der Waals surface area contributed by atoms with Gasteiger partial charge in [0.2, 0.25) is 5.82 Å². The Morgan fingerprint density at radius 1 is 1.43 bits per heavy atom. The lowest BCUT2D eigenvalue weighted by Gasteiger charge is -2.14. The molecule has 0 radical (unpaired) electrons. The van der Waals surface area contributed by atoms with Crippen LogP contribution in [0.1, 0.15) is 30.4 Å². The maximum Gasteiger partial charge on any atom is 0.291 e. The van der Waals surface area contributed by atoms with Gasteiger partial charge < -0.3 is 4.90 Å². The first-order valence-corrected chi connectivity index (χ1v) is 4.63. The number of unbranched alkanes of at least 4 members (excludes halogenated alkanes) is 1. The van der Waals surface area contributed by atoms with E-state index in [9.17, 15) is 4.79 Å². The quantitative estimate of drug-likeness (QED) is 0.709. The molecule has 1 heterocycles. The molecule has 1 aromatic rings. The number of hydrogen-bond acceptors (Lipinski definition) is 4. The van der Waals surface area contributed by atoms with E-state index < -0.39 is 0 Å². The van der Waals surface area contributed by atoms with Crippen molar-refractivity contribution >= 4 is 5.91 Å². The van der Waals surface area contributed by atoms with E-state index in [-0.39, 0.29) is 11.7 Å². The molecule has 0 N–H and O–H groups in total. The van der Waals surface area contributed by atoms with Gasteiger partial charge in [0.15, 0.2) is 0 Å². The lowest BCUT2D eigenvalue weighted by molar-refractivity contribution is 0.0781. The summed E-state index contributed by atoms with van der Waals surface area (Å²) in [7, 11) is 1.75. The minimum Gasteiger partial charge on any atom is -0.339 e. The number of rotatable bonds is 4. The zero-order chi connectivity index (χ0) is 10.4. The predicted molar refractivity (Wildman–Crippen MR) is 51.7 cm³/mol. The van der Waals surface area contributed by atoms with Crippen molar-refractivity contribution in [3.05, 3.63) is 18.5 Å². The van der Waals surface area contributed by atoms with E-state index in [4.69, 9.17) is 0 Å². The Bertz CT molecular complexity index is 288. The van der Waals surface area contributed by atoms with Crippen molar-refractivity contribution in [2.45, 2.75) is 19.8 Å². The van der Waals surface area contributed by atoms with Gasteiger partial charge in [0.05, 0.1) is 0 Å². The van der Waals surface area contributed by atoms with E-state index in [1.807, 2.05) is 0 Å². The predicted octanol–water partition coefficient (Wildman–Crippen LogP) is 0.744. The van der Waals surface area contributed by atoms with Gasteiger partial charge in [0.25, 0.3) is 5.91 Å². The molecule has 1 rings (SSSR count). The molecule has 0 spiro atoms. The molecule has 5 heteroatoms. The van der Waals surface area contributed by atoms with Crippen molar-refractivity contribution in [2.24, 2.45) is 0 Å². The third-order valence-corrected chi connectivity index (χ3v) is 1.88. The smallest absolute Gasteiger partial charge is 0.291 e. The fourth-order valence-corrected chi connectivity index (χ4v) is 1.02. The molecule has 1 amide bonds. The van der Waals surface area contributed by atoms with Crippen LogP contribution in [-0.2, 0) is 0 Å². The summed E-state index contributed by atoms with van der Waals surface area (Å²) in [6.07, 6.45) is 4.71. The van der Waals surface area contributed by atoms with E-state index in [0.29, 0.717) is 0 Å². The van der Waals surface area contributed by atoms with Crippen molar-refractivity contribution in [2.75, 3.05) is 13.6 Å². The number of carbonyl (C=O) groups excluding carboxylic acids is 1. The Hall–Kier alpha value is -1.52. The lowest BCUT2D eigenvalue weighted by Crippen LogP contribution is -2.29. The summed E-state index contributed by atoms with van der Waals surface area (Å²) in [4.78, 5) is 24.5. The number of carbonyl (C=O) groups is 1. The van der Waals surface area contributed by atoms with Crippen LogP contribution in [0, 0.1) is 0 Å². The van der Waals surface area contributed by atoms with Crippen LogP contribution in [0.4, 0.5) is 0 Å². The van der Waals surface area contributed by atoms with Gasteiger partial charge in [-0.2, -0.15) is 0 Å². The van der Waals surface area contributed by atoms with Crippen LogP contribution < -0.4 is 0 Å². The summed E-state index contributed by atoms with van der Waals surface area (Å²) in [5.41, 5.74) is 0. The first-order chi connectivity index (χ1) is 6.75. The SMILES string of the molecule is CCCCN(C)C(=O)c1ncncn1. The van der Waals surface area contributed by atoms with Crippen molar-refractivity contribution in [1.82, 2.24) is 19.9 Å². The number of hydrogen-bond donors (Lipinski definition) is 0. The Balaban J connectivity index is 2.57. The first kappa shape index (κ1) is 10.6. The Morgan fingerprint density at radius 3 is 2.64 bits per heavy atom. The zero-order valence-corrected chi connectivity index (χ0v) is 8.47. The largest absolute Gasteiger partial charge is 0.339 e. The molecule has 0 fully saturated rings.